The summed E-state index contributed by atoms with van der Waals surface area (Å²) in [5.41, 5.74) is 4.77. The van der Waals surface area contributed by atoms with Crippen LogP contribution in [0.1, 0.15) is 35.6 Å². The van der Waals surface area contributed by atoms with Crippen molar-refractivity contribution < 1.29 is 24.2 Å². The molecule has 0 radical (unpaired) electrons. The van der Waals surface area contributed by atoms with Gasteiger partial charge in [0.1, 0.15) is 18.7 Å². The number of nitrogens with zero attached hydrogens (tertiary/aromatic N) is 2. The molecular weight excluding hydrogens is 424 g/mol. The Labute approximate surface area is 190 Å². The third kappa shape index (κ3) is 4.57. The first-order valence-electron chi connectivity index (χ1n) is 10.5. The SMILES string of the molecule is CC(NC(=O)C(NC(=O)OCC1c2ccccc2-c2ccccc21)c1cnn(C)c1)C(=O)O. The fourth-order valence-corrected chi connectivity index (χ4v) is 4.01. The topological polar surface area (TPSA) is 123 Å². The third-order valence-corrected chi connectivity index (χ3v) is 5.66. The van der Waals surface area contributed by atoms with E-state index in [1.54, 1.807) is 13.2 Å². The summed E-state index contributed by atoms with van der Waals surface area (Å²) in [6, 6.07) is 13.7. The van der Waals surface area contributed by atoms with Gasteiger partial charge in [-0.3, -0.25) is 14.3 Å². The average Bonchev–Trinajstić information content (AvgIpc) is 3.37. The van der Waals surface area contributed by atoms with Crippen molar-refractivity contribution in [3.63, 3.8) is 0 Å². The van der Waals surface area contributed by atoms with Gasteiger partial charge in [0.2, 0.25) is 5.91 Å². The molecule has 2 unspecified atom stereocenters. The number of ether oxygens (including phenoxy) is 1. The molecule has 0 fully saturated rings. The normalized spacial score (nSPS) is 14.0. The number of aliphatic carboxylic acids is 1. The van der Waals surface area contributed by atoms with Gasteiger partial charge in [0, 0.05) is 24.7 Å². The quantitative estimate of drug-likeness (QED) is 0.511. The van der Waals surface area contributed by atoms with Crippen LogP contribution in [0.4, 0.5) is 4.79 Å². The van der Waals surface area contributed by atoms with Crippen LogP contribution in [0.25, 0.3) is 11.1 Å². The molecule has 0 aliphatic heterocycles. The number of fused-ring (bicyclic) bond motifs is 3. The first kappa shape index (κ1) is 22.1. The molecule has 170 valence electrons. The summed E-state index contributed by atoms with van der Waals surface area (Å²) in [5.74, 6) is -1.98. The maximum atomic E-state index is 12.7. The number of aromatic nitrogens is 2. The van der Waals surface area contributed by atoms with Crippen molar-refractivity contribution in [1.29, 1.82) is 0 Å². The second kappa shape index (κ2) is 9.15. The molecule has 1 heterocycles. The van der Waals surface area contributed by atoms with Gasteiger partial charge in [0.15, 0.2) is 0 Å². The lowest BCUT2D eigenvalue weighted by molar-refractivity contribution is -0.141. The van der Waals surface area contributed by atoms with E-state index in [2.05, 4.69) is 15.7 Å². The molecule has 0 bridgehead atoms. The third-order valence-electron chi connectivity index (χ3n) is 5.66. The molecule has 0 spiro atoms. The van der Waals surface area contributed by atoms with Crippen LogP contribution in [-0.4, -0.2) is 45.5 Å². The average molecular weight is 448 g/mol. The van der Waals surface area contributed by atoms with Crippen molar-refractivity contribution in [2.75, 3.05) is 6.61 Å². The molecule has 1 aliphatic carbocycles. The van der Waals surface area contributed by atoms with Crippen LogP contribution in [0.5, 0.6) is 0 Å². The van der Waals surface area contributed by atoms with E-state index in [0.29, 0.717) is 5.56 Å². The van der Waals surface area contributed by atoms with Gasteiger partial charge in [-0.1, -0.05) is 48.5 Å². The Morgan fingerprint density at radius 1 is 1.06 bits per heavy atom. The Morgan fingerprint density at radius 3 is 2.21 bits per heavy atom. The van der Waals surface area contributed by atoms with E-state index in [4.69, 9.17) is 9.84 Å². The summed E-state index contributed by atoms with van der Waals surface area (Å²) >= 11 is 0. The molecule has 1 aromatic heterocycles. The molecule has 9 heteroatoms. The highest BCUT2D eigenvalue weighted by molar-refractivity contribution is 5.90. The standard InChI is InChI=1S/C24H24N4O5/c1-14(23(30)31)26-22(29)21(15-11-25-28(2)12-15)27-24(32)33-13-20-18-9-5-3-7-16(18)17-8-4-6-10-19(17)20/h3-12,14,20-21H,13H2,1-2H3,(H,26,29)(H,27,32)(H,30,31). The highest BCUT2D eigenvalue weighted by Gasteiger charge is 2.31. The van der Waals surface area contributed by atoms with Crippen LogP contribution in [0.3, 0.4) is 0 Å². The van der Waals surface area contributed by atoms with E-state index in [9.17, 15) is 14.4 Å². The minimum Gasteiger partial charge on any atom is -0.480 e. The van der Waals surface area contributed by atoms with Crippen molar-refractivity contribution in [3.05, 3.63) is 77.6 Å². The molecule has 0 saturated heterocycles. The maximum absolute atomic E-state index is 12.7. The van der Waals surface area contributed by atoms with Gasteiger partial charge < -0.3 is 20.5 Å². The highest BCUT2D eigenvalue weighted by Crippen LogP contribution is 2.44. The van der Waals surface area contributed by atoms with Gasteiger partial charge >= 0.3 is 12.1 Å². The number of carbonyl (C=O) groups is 3. The summed E-state index contributed by atoms with van der Waals surface area (Å²) in [6.07, 6.45) is 2.21. The van der Waals surface area contributed by atoms with Gasteiger partial charge in [-0.2, -0.15) is 5.10 Å². The van der Waals surface area contributed by atoms with Gasteiger partial charge in [-0.25, -0.2) is 4.79 Å². The zero-order chi connectivity index (χ0) is 23.5. The lowest BCUT2D eigenvalue weighted by Crippen LogP contribution is -2.46. The summed E-state index contributed by atoms with van der Waals surface area (Å²) in [4.78, 5) is 36.5. The van der Waals surface area contributed by atoms with E-state index in [0.717, 1.165) is 22.3 Å². The Morgan fingerprint density at radius 2 is 1.67 bits per heavy atom. The maximum Gasteiger partial charge on any atom is 0.408 e. The van der Waals surface area contributed by atoms with Crippen LogP contribution in [-0.2, 0) is 21.4 Å². The van der Waals surface area contributed by atoms with Crippen molar-refractivity contribution >= 4 is 18.0 Å². The Hall–Kier alpha value is -4.14. The monoisotopic (exact) mass is 448 g/mol. The van der Waals surface area contributed by atoms with Crippen molar-refractivity contribution in [2.24, 2.45) is 7.05 Å². The van der Waals surface area contributed by atoms with E-state index in [1.165, 1.54) is 17.8 Å². The number of carboxylic acid groups (broad SMARTS) is 1. The Balaban J connectivity index is 1.48. The van der Waals surface area contributed by atoms with Crippen molar-refractivity contribution in [1.82, 2.24) is 20.4 Å². The van der Waals surface area contributed by atoms with Crippen LogP contribution < -0.4 is 10.6 Å². The molecule has 1 aliphatic rings. The lowest BCUT2D eigenvalue weighted by Gasteiger charge is -2.20. The van der Waals surface area contributed by atoms with Crippen LogP contribution >= 0.6 is 0 Å². The largest absolute Gasteiger partial charge is 0.480 e. The van der Waals surface area contributed by atoms with Gasteiger partial charge in [-0.15, -0.1) is 0 Å². The first-order chi connectivity index (χ1) is 15.8. The second-order valence-corrected chi connectivity index (χ2v) is 7.92. The van der Waals surface area contributed by atoms with Crippen molar-refractivity contribution in [2.45, 2.75) is 24.9 Å². The Kier molecular flexibility index (Phi) is 6.12. The number of benzene rings is 2. The number of alkyl carbamates (subject to hydrolysis) is 1. The molecule has 3 aromatic rings. The fourth-order valence-electron chi connectivity index (χ4n) is 4.01. The summed E-state index contributed by atoms with van der Waals surface area (Å²) < 4.78 is 7.01. The summed E-state index contributed by atoms with van der Waals surface area (Å²) in [7, 11) is 1.67. The minimum absolute atomic E-state index is 0.0900. The van der Waals surface area contributed by atoms with Gasteiger partial charge in [-0.05, 0) is 29.2 Å². The van der Waals surface area contributed by atoms with E-state index < -0.39 is 30.1 Å². The summed E-state index contributed by atoms with van der Waals surface area (Å²) in [5, 5.41) is 18.0. The molecule has 2 aromatic carbocycles. The van der Waals surface area contributed by atoms with Crippen LogP contribution in [0.15, 0.2) is 60.9 Å². The van der Waals surface area contributed by atoms with Gasteiger partial charge in [0.05, 0.1) is 6.20 Å². The Bertz CT molecular complexity index is 1160. The number of carboxylic acids is 1. The molecule has 3 N–H and O–H groups in total. The number of hydrogen-bond acceptors (Lipinski definition) is 5. The fraction of sp³-hybridized carbons (Fsp3) is 0.250. The van der Waals surface area contributed by atoms with Crippen molar-refractivity contribution in [3.8, 4) is 11.1 Å². The molecule has 9 nitrogen and oxygen atoms in total. The second-order valence-electron chi connectivity index (χ2n) is 7.92. The zero-order valence-corrected chi connectivity index (χ0v) is 18.2. The summed E-state index contributed by atoms with van der Waals surface area (Å²) in [6.45, 7) is 1.43. The molecule has 0 saturated carbocycles. The predicted octanol–water partition coefficient (Wildman–Crippen LogP) is 2.59. The lowest BCUT2D eigenvalue weighted by atomic mass is 9.98. The number of carbonyl (C=O) groups excluding carboxylic acids is 2. The smallest absolute Gasteiger partial charge is 0.408 e. The molecule has 2 atom stereocenters. The van der Waals surface area contributed by atoms with Crippen LogP contribution in [0.2, 0.25) is 0 Å². The number of aryl methyl sites for hydroxylation is 1. The number of rotatable bonds is 7. The number of hydrogen-bond donors (Lipinski definition) is 3. The molecular formula is C24H24N4O5. The zero-order valence-electron chi connectivity index (χ0n) is 18.2. The van der Waals surface area contributed by atoms with E-state index >= 15 is 0 Å². The van der Waals surface area contributed by atoms with Crippen LogP contribution in [0, 0.1) is 0 Å². The predicted molar refractivity (Wildman–Crippen MR) is 119 cm³/mol. The van der Waals surface area contributed by atoms with E-state index in [-0.39, 0.29) is 12.5 Å². The minimum atomic E-state index is -1.19. The number of nitrogens with one attached hydrogen (secondary N) is 2. The number of amides is 2. The molecule has 4 rings (SSSR count). The first-order valence-corrected chi connectivity index (χ1v) is 10.5. The van der Waals surface area contributed by atoms with E-state index in [1.807, 2.05) is 48.5 Å². The molecule has 2 amide bonds. The molecule has 33 heavy (non-hydrogen) atoms. The van der Waals surface area contributed by atoms with Gasteiger partial charge in [0.25, 0.3) is 0 Å². The highest BCUT2D eigenvalue weighted by atomic mass is 16.5.